The van der Waals surface area contributed by atoms with Crippen molar-refractivity contribution in [1.82, 2.24) is 5.32 Å². The summed E-state index contributed by atoms with van der Waals surface area (Å²) in [5.74, 6) is 0.438. The van der Waals surface area contributed by atoms with Crippen molar-refractivity contribution in [3.8, 4) is 6.07 Å². The third-order valence-electron chi connectivity index (χ3n) is 2.38. The van der Waals surface area contributed by atoms with E-state index in [0.29, 0.717) is 19.0 Å². The first-order valence-electron chi connectivity index (χ1n) is 5.17. The van der Waals surface area contributed by atoms with E-state index in [1.165, 1.54) is 12.1 Å². The van der Waals surface area contributed by atoms with Crippen LogP contribution in [0, 0.1) is 11.3 Å². The Hall–Kier alpha value is -2.23. The molecule has 2 N–H and O–H groups in total. The summed E-state index contributed by atoms with van der Waals surface area (Å²) in [7, 11) is 0. The lowest BCUT2D eigenvalue weighted by Crippen LogP contribution is -2.26. The van der Waals surface area contributed by atoms with Crippen LogP contribution >= 0.6 is 0 Å². The van der Waals surface area contributed by atoms with Gasteiger partial charge in [-0.2, -0.15) is 18.4 Å². The van der Waals surface area contributed by atoms with Crippen molar-refractivity contribution >= 4 is 11.6 Å². The molecule has 0 aliphatic carbocycles. The van der Waals surface area contributed by atoms with Gasteiger partial charge in [0.05, 0.1) is 23.7 Å². The molecule has 4 nitrogen and oxygen atoms in total. The lowest BCUT2D eigenvalue weighted by atomic mass is 10.1. The lowest BCUT2D eigenvalue weighted by Gasteiger charge is -2.12. The zero-order valence-corrected chi connectivity index (χ0v) is 9.17. The fourth-order valence-electron chi connectivity index (χ4n) is 1.57. The average Bonchev–Trinajstić information content (AvgIpc) is 2.80. The van der Waals surface area contributed by atoms with Gasteiger partial charge in [0, 0.05) is 12.2 Å². The zero-order valence-electron chi connectivity index (χ0n) is 9.17. The van der Waals surface area contributed by atoms with E-state index < -0.39 is 17.3 Å². The van der Waals surface area contributed by atoms with E-state index in [0.717, 1.165) is 12.1 Å². The highest BCUT2D eigenvalue weighted by Gasteiger charge is 2.33. The lowest BCUT2D eigenvalue weighted by molar-refractivity contribution is -0.137. The predicted molar refractivity (Wildman–Crippen MR) is 60.1 cm³/mol. The van der Waals surface area contributed by atoms with Crippen LogP contribution in [0.15, 0.2) is 23.2 Å². The summed E-state index contributed by atoms with van der Waals surface area (Å²) >= 11 is 0. The van der Waals surface area contributed by atoms with E-state index in [9.17, 15) is 13.2 Å². The number of benzene rings is 1. The first-order valence-corrected chi connectivity index (χ1v) is 5.17. The first kappa shape index (κ1) is 12.2. The second-order valence-corrected chi connectivity index (χ2v) is 3.65. The van der Waals surface area contributed by atoms with Crippen molar-refractivity contribution in [2.45, 2.75) is 6.18 Å². The number of guanidine groups is 1. The maximum Gasteiger partial charge on any atom is 0.417 e. The van der Waals surface area contributed by atoms with Crippen LogP contribution in [-0.4, -0.2) is 19.0 Å². The molecular weight excluding hydrogens is 245 g/mol. The molecule has 0 fully saturated rings. The molecule has 0 saturated heterocycles. The summed E-state index contributed by atoms with van der Waals surface area (Å²) in [5.41, 5.74) is -1.10. The Kier molecular flexibility index (Phi) is 3.10. The molecular formula is C11H9F3N4. The molecule has 0 bridgehead atoms. The number of alkyl halides is 3. The SMILES string of the molecule is N#Cc1ccc(NC2=NCCN2)cc1C(F)(F)F. The molecule has 0 spiro atoms. The van der Waals surface area contributed by atoms with Crippen LogP contribution in [0.3, 0.4) is 0 Å². The third-order valence-corrected chi connectivity index (χ3v) is 2.38. The molecule has 0 atom stereocenters. The van der Waals surface area contributed by atoms with E-state index in [1.807, 2.05) is 0 Å². The van der Waals surface area contributed by atoms with Gasteiger partial charge in [0.1, 0.15) is 0 Å². The highest BCUT2D eigenvalue weighted by molar-refractivity contribution is 5.94. The Morgan fingerprint density at radius 2 is 2.17 bits per heavy atom. The molecule has 0 amide bonds. The molecule has 0 radical (unpaired) electrons. The van der Waals surface area contributed by atoms with Gasteiger partial charge in [-0.1, -0.05) is 0 Å². The molecule has 1 aromatic carbocycles. The van der Waals surface area contributed by atoms with Crippen molar-refractivity contribution < 1.29 is 13.2 Å². The van der Waals surface area contributed by atoms with Crippen molar-refractivity contribution in [2.75, 3.05) is 18.4 Å². The summed E-state index contributed by atoms with van der Waals surface area (Å²) in [6.07, 6.45) is -4.55. The van der Waals surface area contributed by atoms with E-state index in [-0.39, 0.29) is 5.69 Å². The highest BCUT2D eigenvalue weighted by atomic mass is 19.4. The largest absolute Gasteiger partial charge is 0.417 e. The number of nitrogens with one attached hydrogen (secondary N) is 2. The number of nitrogens with zero attached hydrogens (tertiary/aromatic N) is 2. The molecule has 1 aromatic rings. The maximum absolute atomic E-state index is 12.7. The van der Waals surface area contributed by atoms with Crippen molar-refractivity contribution in [2.24, 2.45) is 4.99 Å². The monoisotopic (exact) mass is 254 g/mol. The smallest absolute Gasteiger partial charge is 0.354 e. The topological polar surface area (TPSA) is 60.2 Å². The van der Waals surface area contributed by atoms with E-state index in [2.05, 4.69) is 15.6 Å². The molecule has 0 unspecified atom stereocenters. The van der Waals surface area contributed by atoms with Gasteiger partial charge in [-0.15, -0.1) is 0 Å². The molecule has 2 rings (SSSR count). The number of anilines is 1. The number of hydrogen-bond donors (Lipinski definition) is 2. The summed E-state index contributed by atoms with van der Waals surface area (Å²) < 4.78 is 38.1. The Bertz CT molecular complexity index is 528. The van der Waals surface area contributed by atoms with Gasteiger partial charge in [0.25, 0.3) is 0 Å². The Morgan fingerprint density at radius 1 is 1.39 bits per heavy atom. The summed E-state index contributed by atoms with van der Waals surface area (Å²) in [6.45, 7) is 1.25. The minimum Gasteiger partial charge on any atom is -0.354 e. The van der Waals surface area contributed by atoms with Crippen molar-refractivity contribution in [3.05, 3.63) is 29.3 Å². The van der Waals surface area contributed by atoms with Crippen LogP contribution in [-0.2, 0) is 6.18 Å². The van der Waals surface area contributed by atoms with Crippen LogP contribution in [0.5, 0.6) is 0 Å². The van der Waals surface area contributed by atoms with Crippen LogP contribution < -0.4 is 10.6 Å². The molecule has 18 heavy (non-hydrogen) atoms. The van der Waals surface area contributed by atoms with Gasteiger partial charge < -0.3 is 10.6 Å². The van der Waals surface area contributed by atoms with Gasteiger partial charge >= 0.3 is 6.18 Å². The van der Waals surface area contributed by atoms with Crippen LogP contribution in [0.25, 0.3) is 0 Å². The number of nitriles is 1. The minimum atomic E-state index is -4.55. The van der Waals surface area contributed by atoms with Gasteiger partial charge in [-0.3, -0.25) is 4.99 Å². The fraction of sp³-hybridized carbons (Fsp3) is 0.273. The quantitative estimate of drug-likeness (QED) is 0.805. The standard InChI is InChI=1S/C11H9F3N4/c12-11(13,14)9-5-8(2-1-7(9)6-15)18-10-16-3-4-17-10/h1-2,5H,3-4H2,(H2,16,17,18). The summed E-state index contributed by atoms with van der Waals surface area (Å²) in [6, 6.07) is 4.99. The zero-order chi connectivity index (χ0) is 13.2. The van der Waals surface area contributed by atoms with Gasteiger partial charge in [0.15, 0.2) is 5.96 Å². The summed E-state index contributed by atoms with van der Waals surface area (Å²) in [4.78, 5) is 4.01. The second kappa shape index (κ2) is 4.56. The Morgan fingerprint density at radius 3 is 2.72 bits per heavy atom. The molecule has 94 valence electrons. The van der Waals surface area contributed by atoms with E-state index >= 15 is 0 Å². The highest BCUT2D eigenvalue weighted by Crippen LogP contribution is 2.33. The molecule has 1 aliphatic rings. The Balaban J connectivity index is 2.31. The van der Waals surface area contributed by atoms with E-state index in [4.69, 9.17) is 5.26 Å². The average molecular weight is 254 g/mol. The van der Waals surface area contributed by atoms with Crippen molar-refractivity contribution in [1.29, 1.82) is 5.26 Å². The fourth-order valence-corrected chi connectivity index (χ4v) is 1.57. The predicted octanol–water partition coefficient (Wildman–Crippen LogP) is 1.95. The van der Waals surface area contributed by atoms with Gasteiger partial charge in [-0.25, -0.2) is 0 Å². The molecule has 1 heterocycles. The Labute approximate surface area is 101 Å². The first-order chi connectivity index (χ1) is 8.50. The molecule has 7 heteroatoms. The number of rotatable bonds is 1. The van der Waals surface area contributed by atoms with E-state index in [1.54, 1.807) is 0 Å². The minimum absolute atomic E-state index is 0.245. The van der Waals surface area contributed by atoms with Crippen molar-refractivity contribution in [3.63, 3.8) is 0 Å². The number of halogens is 3. The number of hydrogen-bond acceptors (Lipinski definition) is 4. The third kappa shape index (κ3) is 2.53. The van der Waals surface area contributed by atoms with Gasteiger partial charge in [0.2, 0.25) is 0 Å². The molecule has 0 saturated carbocycles. The molecule has 0 aromatic heterocycles. The summed E-state index contributed by atoms with van der Waals surface area (Å²) in [5, 5.41) is 14.3. The van der Waals surface area contributed by atoms with Gasteiger partial charge in [-0.05, 0) is 18.2 Å². The van der Waals surface area contributed by atoms with Crippen LogP contribution in [0.2, 0.25) is 0 Å². The second-order valence-electron chi connectivity index (χ2n) is 3.65. The van der Waals surface area contributed by atoms with Crippen LogP contribution in [0.1, 0.15) is 11.1 Å². The molecule has 1 aliphatic heterocycles. The van der Waals surface area contributed by atoms with Crippen LogP contribution in [0.4, 0.5) is 18.9 Å². The normalized spacial score (nSPS) is 14.7. The maximum atomic E-state index is 12.7. The number of aliphatic imine (C=N–C) groups is 1.